The van der Waals surface area contributed by atoms with Gasteiger partial charge in [0.25, 0.3) is 11.1 Å². The van der Waals surface area contributed by atoms with Crippen LogP contribution in [0, 0.1) is 0 Å². The lowest BCUT2D eigenvalue weighted by Gasteiger charge is -2.05. The summed E-state index contributed by atoms with van der Waals surface area (Å²) in [5, 5.41) is 4.71. The molecule has 0 radical (unpaired) electrons. The Labute approximate surface area is 106 Å². The van der Waals surface area contributed by atoms with E-state index < -0.39 is 16.5 Å². The van der Waals surface area contributed by atoms with Gasteiger partial charge in [0.15, 0.2) is 0 Å². The first kappa shape index (κ1) is 11.5. The number of aromatic amines is 3. The van der Waals surface area contributed by atoms with Crippen molar-refractivity contribution in [3.8, 4) is 0 Å². The van der Waals surface area contributed by atoms with Crippen LogP contribution in [0.25, 0.3) is 21.8 Å². The first-order chi connectivity index (χ1) is 9.13. The first-order valence-corrected chi connectivity index (χ1v) is 5.92. The number of aromatic nitrogens is 3. The minimum Gasteiger partial charge on any atom is -0.350 e. The molecule has 0 amide bonds. The third-order valence-electron chi connectivity index (χ3n) is 3.24. The van der Waals surface area contributed by atoms with Gasteiger partial charge >= 0.3 is 0 Å². The zero-order valence-electron chi connectivity index (χ0n) is 10.2. The fourth-order valence-corrected chi connectivity index (χ4v) is 2.33. The highest BCUT2D eigenvalue weighted by Gasteiger charge is 2.13. The van der Waals surface area contributed by atoms with Crippen molar-refractivity contribution in [2.45, 2.75) is 13.3 Å². The quantitative estimate of drug-likeness (QED) is 0.557. The minimum atomic E-state index is -0.594. The highest BCUT2D eigenvalue weighted by Crippen LogP contribution is 2.15. The Hall–Kier alpha value is -2.63. The normalized spacial score (nSPS) is 11.2. The van der Waals surface area contributed by atoms with E-state index >= 15 is 0 Å². The van der Waals surface area contributed by atoms with E-state index in [2.05, 4.69) is 15.2 Å². The van der Waals surface area contributed by atoms with E-state index in [1.165, 1.54) is 0 Å². The van der Waals surface area contributed by atoms with Crippen LogP contribution in [0.5, 0.6) is 0 Å². The van der Waals surface area contributed by atoms with E-state index in [1.807, 2.05) is 19.1 Å². The second-order valence-corrected chi connectivity index (χ2v) is 4.31. The molecule has 2 aromatic heterocycles. The van der Waals surface area contributed by atoms with Crippen molar-refractivity contribution in [2.24, 2.45) is 0 Å². The number of nitrogens with one attached hydrogen (secondary N) is 3. The summed E-state index contributed by atoms with van der Waals surface area (Å²) in [5.74, 6) is 0. The van der Waals surface area contributed by atoms with Gasteiger partial charge in [-0.05, 0) is 18.1 Å². The fourth-order valence-electron chi connectivity index (χ4n) is 2.33. The van der Waals surface area contributed by atoms with Crippen molar-refractivity contribution in [3.63, 3.8) is 0 Å². The summed E-state index contributed by atoms with van der Waals surface area (Å²) in [5.41, 5.74) is -0.101. The van der Waals surface area contributed by atoms with Crippen LogP contribution in [0.3, 0.4) is 0 Å². The topological polar surface area (TPSA) is 98.6 Å². The summed E-state index contributed by atoms with van der Waals surface area (Å²) in [6.07, 6.45) is 0.674. The maximum atomic E-state index is 12.4. The predicted molar refractivity (Wildman–Crippen MR) is 72.7 cm³/mol. The van der Waals surface area contributed by atoms with Gasteiger partial charge in [-0.25, -0.2) is 0 Å². The van der Waals surface area contributed by atoms with Crippen molar-refractivity contribution >= 4 is 21.8 Å². The summed E-state index contributed by atoms with van der Waals surface area (Å²) < 4.78 is 0. The summed E-state index contributed by atoms with van der Waals surface area (Å²) in [7, 11) is 0. The van der Waals surface area contributed by atoms with Crippen LogP contribution < -0.4 is 16.5 Å². The molecule has 2 heterocycles. The van der Waals surface area contributed by atoms with Gasteiger partial charge in [-0.15, -0.1) is 0 Å². The molecule has 0 atom stereocenters. The van der Waals surface area contributed by atoms with E-state index in [1.54, 1.807) is 6.07 Å². The Morgan fingerprint density at radius 2 is 1.74 bits per heavy atom. The van der Waals surface area contributed by atoms with Gasteiger partial charge in [0.05, 0.1) is 5.52 Å². The molecule has 96 valence electrons. The number of hydrogen-bond acceptors (Lipinski definition) is 3. The molecule has 0 aliphatic rings. The molecule has 0 fully saturated rings. The number of H-pyrrole nitrogens is 3. The van der Waals surface area contributed by atoms with Crippen LogP contribution >= 0.6 is 0 Å². The van der Waals surface area contributed by atoms with Gasteiger partial charge in [0.1, 0.15) is 10.9 Å². The number of benzene rings is 1. The predicted octanol–water partition coefficient (Wildman–Crippen LogP) is 0.620. The number of hydrogen-bond donors (Lipinski definition) is 3. The van der Waals surface area contributed by atoms with Crippen molar-refractivity contribution in [3.05, 3.63) is 54.7 Å². The molecule has 0 unspecified atom stereocenters. The first-order valence-electron chi connectivity index (χ1n) is 5.92. The van der Waals surface area contributed by atoms with Gasteiger partial charge in [-0.2, -0.15) is 0 Å². The Bertz CT molecular complexity index is 963. The molecule has 3 N–H and O–H groups in total. The Balaban J connectivity index is 2.74. The van der Waals surface area contributed by atoms with Crippen LogP contribution in [0.15, 0.2) is 32.6 Å². The third kappa shape index (κ3) is 1.53. The van der Waals surface area contributed by atoms with E-state index in [0.29, 0.717) is 17.3 Å². The lowest BCUT2D eigenvalue weighted by Crippen LogP contribution is -2.26. The molecule has 0 bridgehead atoms. The highest BCUT2D eigenvalue weighted by molar-refractivity contribution is 5.93. The molecule has 19 heavy (non-hydrogen) atoms. The third-order valence-corrected chi connectivity index (χ3v) is 3.24. The maximum Gasteiger partial charge on any atom is 0.287 e. The van der Waals surface area contributed by atoms with Crippen molar-refractivity contribution in [1.82, 2.24) is 15.2 Å². The number of pyridine rings is 1. The van der Waals surface area contributed by atoms with Gasteiger partial charge in [-0.3, -0.25) is 24.6 Å². The molecule has 3 aromatic rings. The average molecular weight is 257 g/mol. The molecule has 3 rings (SSSR count). The zero-order chi connectivity index (χ0) is 13.6. The van der Waals surface area contributed by atoms with E-state index in [-0.39, 0.29) is 10.9 Å². The van der Waals surface area contributed by atoms with Crippen LogP contribution in [-0.2, 0) is 6.42 Å². The molecule has 6 nitrogen and oxygen atoms in total. The number of rotatable bonds is 1. The second-order valence-electron chi connectivity index (χ2n) is 4.31. The monoisotopic (exact) mass is 257 g/mol. The summed E-state index contributed by atoms with van der Waals surface area (Å²) in [4.78, 5) is 38.8. The summed E-state index contributed by atoms with van der Waals surface area (Å²) in [6.45, 7) is 1.93. The zero-order valence-corrected chi connectivity index (χ0v) is 10.2. The van der Waals surface area contributed by atoms with Crippen molar-refractivity contribution < 1.29 is 0 Å². The fraction of sp³-hybridized carbons (Fsp3) is 0.154. The lowest BCUT2D eigenvalue weighted by molar-refractivity contribution is 0.970. The van der Waals surface area contributed by atoms with Gasteiger partial charge in [0, 0.05) is 5.39 Å². The molecule has 1 aromatic carbocycles. The Morgan fingerprint density at radius 1 is 1.00 bits per heavy atom. The van der Waals surface area contributed by atoms with Crippen molar-refractivity contribution in [1.29, 1.82) is 0 Å². The molecule has 0 aliphatic heterocycles. The second kappa shape index (κ2) is 3.94. The minimum absolute atomic E-state index is 0.00880. The Kier molecular flexibility index (Phi) is 2.38. The van der Waals surface area contributed by atoms with Crippen LogP contribution in [0.4, 0.5) is 0 Å². The van der Waals surface area contributed by atoms with Gasteiger partial charge < -0.3 is 4.98 Å². The molecular weight excluding hydrogens is 246 g/mol. The lowest BCUT2D eigenvalue weighted by atomic mass is 10.0. The molecular formula is C13H11N3O3. The smallest absolute Gasteiger partial charge is 0.287 e. The van der Waals surface area contributed by atoms with Crippen LogP contribution in [-0.4, -0.2) is 15.2 Å². The molecule has 0 aliphatic carbocycles. The standard InChI is InChI=1S/C13H11N3O3/c1-2-6-4-3-5-7-8(6)11(17)9-10(14-7)13(19)16-15-12(9)18/h3-5H,2H2,1H3,(H,14,17)(H,15,18)(H,16,19). The number of fused-ring (bicyclic) bond motifs is 2. The van der Waals surface area contributed by atoms with Crippen LogP contribution in [0.1, 0.15) is 12.5 Å². The molecule has 0 spiro atoms. The maximum absolute atomic E-state index is 12.4. The largest absolute Gasteiger partial charge is 0.350 e. The van der Waals surface area contributed by atoms with E-state index in [0.717, 1.165) is 5.56 Å². The van der Waals surface area contributed by atoms with E-state index in [9.17, 15) is 14.4 Å². The van der Waals surface area contributed by atoms with E-state index in [4.69, 9.17) is 0 Å². The van der Waals surface area contributed by atoms with Gasteiger partial charge in [0.2, 0.25) is 5.43 Å². The van der Waals surface area contributed by atoms with Gasteiger partial charge in [-0.1, -0.05) is 19.1 Å². The molecule has 0 saturated heterocycles. The number of aryl methyl sites for hydroxylation is 1. The van der Waals surface area contributed by atoms with Crippen LogP contribution in [0.2, 0.25) is 0 Å². The summed E-state index contributed by atoms with van der Waals surface area (Å²) in [6, 6.07) is 5.37. The Morgan fingerprint density at radius 3 is 2.47 bits per heavy atom. The molecule has 6 heteroatoms. The molecule has 0 saturated carbocycles. The highest BCUT2D eigenvalue weighted by atomic mass is 16.2. The van der Waals surface area contributed by atoms with Crippen molar-refractivity contribution in [2.75, 3.05) is 0 Å². The summed E-state index contributed by atoms with van der Waals surface area (Å²) >= 11 is 0. The SMILES string of the molecule is CCc1cccc2[nH]c3c(=O)[nH][nH]c(=O)c3c(=O)c12. The average Bonchev–Trinajstić information content (AvgIpc) is 2.42.